The number of rotatable bonds is 10. The average Bonchev–Trinajstić information content (AvgIpc) is 3.83. The van der Waals surface area contributed by atoms with Crippen LogP contribution in [-0.2, 0) is 12.8 Å². The number of aryl methyl sites for hydroxylation is 1. The second kappa shape index (κ2) is 12.8. The van der Waals surface area contributed by atoms with Gasteiger partial charge in [-0.15, -0.1) is 16.4 Å². The molecule has 4 aromatic heterocycles. The lowest BCUT2D eigenvalue weighted by atomic mass is 9.94. The summed E-state index contributed by atoms with van der Waals surface area (Å²) in [6.07, 6.45) is 9.11. The van der Waals surface area contributed by atoms with Gasteiger partial charge in [-0.05, 0) is 70.9 Å². The Hall–Kier alpha value is -3.69. The number of nitrogen functional groups attached to an aromatic ring is 1. The van der Waals surface area contributed by atoms with Crippen LogP contribution >= 0.6 is 11.3 Å². The Balaban J connectivity index is 1.42. The van der Waals surface area contributed by atoms with Crippen molar-refractivity contribution in [3.63, 3.8) is 0 Å². The van der Waals surface area contributed by atoms with Crippen molar-refractivity contribution < 1.29 is 9.26 Å². The molecule has 2 unspecified atom stereocenters. The Bertz CT molecular complexity index is 1760. The van der Waals surface area contributed by atoms with E-state index in [4.69, 9.17) is 30.1 Å². The van der Waals surface area contributed by atoms with Crippen LogP contribution < -0.4 is 15.4 Å². The number of aromatic nitrogens is 5. The van der Waals surface area contributed by atoms with Crippen LogP contribution in [0.4, 0.5) is 10.8 Å². The SMILES string of the molecule is CCCCc1c(-c2nc3c4c(nn(C(C)CN5CCCC5)c4n2)OC[C@H]2CCC(C)CN32)noc1-c1c(CCC)sc(N)c1C#N. The van der Waals surface area contributed by atoms with Crippen LogP contribution in [0.15, 0.2) is 4.52 Å². The summed E-state index contributed by atoms with van der Waals surface area (Å²) in [6.45, 7) is 13.5. The molecule has 3 aliphatic heterocycles. The van der Waals surface area contributed by atoms with E-state index in [0.717, 1.165) is 104 Å². The zero-order chi connectivity index (χ0) is 31.9. The van der Waals surface area contributed by atoms with Crippen molar-refractivity contribution in [2.75, 3.05) is 43.4 Å². The van der Waals surface area contributed by atoms with E-state index in [0.29, 0.717) is 46.2 Å². The number of nitrogens with zero attached hydrogens (tertiary/aromatic N) is 8. The van der Waals surface area contributed by atoms with Gasteiger partial charge in [-0.2, -0.15) is 5.26 Å². The highest BCUT2D eigenvalue weighted by Crippen LogP contribution is 2.45. The largest absolute Gasteiger partial charge is 0.474 e. The molecule has 0 radical (unpaired) electrons. The Morgan fingerprint density at radius 3 is 2.72 bits per heavy atom. The van der Waals surface area contributed by atoms with Crippen molar-refractivity contribution in [3.8, 4) is 34.8 Å². The van der Waals surface area contributed by atoms with Crippen LogP contribution in [0, 0.1) is 17.2 Å². The quantitative estimate of drug-likeness (QED) is 0.201. The highest BCUT2D eigenvalue weighted by atomic mass is 32.1. The first-order valence-corrected chi connectivity index (χ1v) is 18.0. The summed E-state index contributed by atoms with van der Waals surface area (Å²) in [6, 6.07) is 2.67. The standard InChI is InChI=1S/C34H45N9O2S/c1-5-7-11-23-28(40-45-29(23)26-24(16-35)30(36)46-25(26)10-6-2)31-37-32-27-33(38-31)43(21(4)18-41-14-8-9-15-41)39-34(27)44-19-22-13-12-20(3)17-42(22)32/h20-22H,5-15,17-19,36H2,1-4H3/t20?,21?,22-/m1/s1. The number of nitriles is 1. The van der Waals surface area contributed by atoms with E-state index >= 15 is 0 Å². The fourth-order valence-corrected chi connectivity index (χ4v) is 8.58. The summed E-state index contributed by atoms with van der Waals surface area (Å²) >= 11 is 1.47. The van der Waals surface area contributed by atoms with Crippen molar-refractivity contribution in [2.45, 2.75) is 97.6 Å². The van der Waals surface area contributed by atoms with Gasteiger partial charge in [0.25, 0.3) is 0 Å². The number of thiophene rings is 1. The van der Waals surface area contributed by atoms with Crippen LogP contribution in [0.2, 0.25) is 0 Å². The smallest absolute Gasteiger partial charge is 0.246 e. The minimum atomic E-state index is 0.0973. The fraction of sp³-hybridized carbons (Fsp3) is 0.618. The molecule has 11 nitrogen and oxygen atoms in total. The predicted octanol–water partition coefficient (Wildman–Crippen LogP) is 6.61. The highest BCUT2D eigenvalue weighted by molar-refractivity contribution is 7.16. The summed E-state index contributed by atoms with van der Waals surface area (Å²) in [4.78, 5) is 16.5. The molecule has 12 heteroatoms. The molecule has 2 fully saturated rings. The lowest BCUT2D eigenvalue weighted by Crippen LogP contribution is -2.45. The zero-order valence-corrected chi connectivity index (χ0v) is 28.3. The minimum absolute atomic E-state index is 0.0973. The van der Waals surface area contributed by atoms with Crippen LogP contribution in [-0.4, -0.2) is 68.6 Å². The zero-order valence-electron chi connectivity index (χ0n) is 27.5. The first kappa shape index (κ1) is 30.9. The number of anilines is 2. The number of piperidine rings is 1. The van der Waals surface area contributed by atoms with Crippen molar-refractivity contribution in [2.24, 2.45) is 5.92 Å². The average molecular weight is 644 g/mol. The second-order valence-electron chi connectivity index (χ2n) is 13.4. The van der Waals surface area contributed by atoms with Gasteiger partial charge in [-0.1, -0.05) is 38.8 Å². The second-order valence-corrected chi connectivity index (χ2v) is 14.6. The molecule has 0 amide bonds. The third kappa shape index (κ3) is 5.41. The van der Waals surface area contributed by atoms with E-state index in [1.807, 2.05) is 4.68 Å². The lowest BCUT2D eigenvalue weighted by Gasteiger charge is -2.38. The fourth-order valence-electron chi connectivity index (χ4n) is 7.46. The molecule has 2 N–H and O–H groups in total. The minimum Gasteiger partial charge on any atom is -0.474 e. The lowest BCUT2D eigenvalue weighted by molar-refractivity contribution is 0.236. The first-order chi connectivity index (χ1) is 22.4. The molecule has 244 valence electrons. The monoisotopic (exact) mass is 643 g/mol. The van der Waals surface area contributed by atoms with Gasteiger partial charge >= 0.3 is 0 Å². The molecule has 0 saturated carbocycles. The van der Waals surface area contributed by atoms with E-state index in [9.17, 15) is 5.26 Å². The molecular weight excluding hydrogens is 599 g/mol. The maximum absolute atomic E-state index is 10.1. The summed E-state index contributed by atoms with van der Waals surface area (Å²) in [5.41, 5.74) is 9.96. The van der Waals surface area contributed by atoms with Crippen molar-refractivity contribution in [1.82, 2.24) is 29.8 Å². The molecule has 0 aromatic carbocycles. The van der Waals surface area contributed by atoms with Gasteiger partial charge in [0.2, 0.25) is 5.88 Å². The number of unbranched alkanes of at least 4 members (excludes halogenated alkanes) is 1. The third-order valence-electron chi connectivity index (χ3n) is 9.87. The number of nitrogens with two attached hydrogens (primary N) is 1. The molecule has 3 atom stereocenters. The van der Waals surface area contributed by atoms with E-state index in [2.05, 4.69) is 48.7 Å². The predicted molar refractivity (Wildman–Crippen MR) is 181 cm³/mol. The van der Waals surface area contributed by atoms with Gasteiger partial charge in [0.15, 0.2) is 22.9 Å². The third-order valence-corrected chi connectivity index (χ3v) is 10.9. The van der Waals surface area contributed by atoms with E-state index in [-0.39, 0.29) is 12.1 Å². The van der Waals surface area contributed by atoms with Crippen LogP contribution in [0.3, 0.4) is 0 Å². The number of ether oxygens (including phenoxy) is 1. The normalized spacial score (nSPS) is 20.5. The van der Waals surface area contributed by atoms with Gasteiger partial charge in [0, 0.05) is 23.5 Å². The molecular formula is C34H45N9O2S. The summed E-state index contributed by atoms with van der Waals surface area (Å²) in [5, 5.41) is 21.3. The van der Waals surface area contributed by atoms with Crippen LogP contribution in [0.1, 0.15) is 94.7 Å². The summed E-state index contributed by atoms with van der Waals surface area (Å²) < 4.78 is 14.7. The van der Waals surface area contributed by atoms with Gasteiger partial charge in [-0.25, -0.2) is 14.6 Å². The Kier molecular flexibility index (Phi) is 8.63. The van der Waals surface area contributed by atoms with Crippen LogP contribution in [0.5, 0.6) is 5.88 Å². The molecule has 4 aromatic rings. The van der Waals surface area contributed by atoms with Crippen molar-refractivity contribution in [3.05, 3.63) is 16.0 Å². The van der Waals surface area contributed by atoms with Gasteiger partial charge < -0.3 is 24.8 Å². The highest BCUT2D eigenvalue weighted by Gasteiger charge is 2.37. The number of fused-ring (bicyclic) bond motifs is 2. The van der Waals surface area contributed by atoms with E-state index in [1.165, 1.54) is 24.2 Å². The van der Waals surface area contributed by atoms with Crippen LogP contribution in [0.25, 0.3) is 33.9 Å². The van der Waals surface area contributed by atoms with E-state index < -0.39 is 0 Å². The maximum atomic E-state index is 10.1. The maximum Gasteiger partial charge on any atom is 0.246 e. The molecule has 7 heterocycles. The van der Waals surface area contributed by atoms with Gasteiger partial charge in [-0.3, -0.25) is 0 Å². The van der Waals surface area contributed by atoms with Crippen molar-refractivity contribution in [1.29, 1.82) is 5.26 Å². The Morgan fingerprint density at radius 1 is 1.13 bits per heavy atom. The number of hydrogen-bond donors (Lipinski definition) is 1. The molecule has 0 bridgehead atoms. The molecule has 0 spiro atoms. The summed E-state index contributed by atoms with van der Waals surface area (Å²) in [7, 11) is 0. The Morgan fingerprint density at radius 2 is 1.96 bits per heavy atom. The number of likely N-dealkylation sites (tertiary alicyclic amines) is 1. The molecule has 3 aliphatic rings. The molecule has 0 aliphatic carbocycles. The van der Waals surface area contributed by atoms with Gasteiger partial charge in [0.1, 0.15) is 28.9 Å². The molecule has 7 rings (SSSR count). The summed E-state index contributed by atoms with van der Waals surface area (Å²) in [5.74, 6) is 3.19. The Labute approximate surface area is 274 Å². The van der Waals surface area contributed by atoms with Crippen molar-refractivity contribution >= 4 is 33.2 Å². The number of hydrogen-bond acceptors (Lipinski definition) is 11. The topological polar surface area (TPSA) is 135 Å². The molecule has 46 heavy (non-hydrogen) atoms. The van der Waals surface area contributed by atoms with E-state index in [1.54, 1.807) is 0 Å². The van der Waals surface area contributed by atoms with Gasteiger partial charge in [0.05, 0.1) is 23.2 Å². The molecule has 2 saturated heterocycles. The first-order valence-electron chi connectivity index (χ1n) is 17.1.